The number of aliphatic hydroxyl groups is 8. The van der Waals surface area contributed by atoms with Crippen LogP contribution in [0.5, 0.6) is 0 Å². The summed E-state index contributed by atoms with van der Waals surface area (Å²) in [6.07, 6.45) is 37.8. The van der Waals surface area contributed by atoms with Crippen molar-refractivity contribution in [3.63, 3.8) is 0 Å². The van der Waals surface area contributed by atoms with E-state index in [9.17, 15) is 40.9 Å². The standard InChI is InChI=1S/C49H98O8/c50-38-30-46(31-39-51)28-26-24-22-20-18-16-14-12-10-8-6-4-2-1-3-5-7-9-11-13-15-17-19-21-23-25-27-29-47(32-40-52,33-41-53)49(36-44-56,37-45-57)48(46,34-42-54)35-43-55/h50-57H,1-45H2. The van der Waals surface area contributed by atoms with E-state index >= 15 is 0 Å². The molecule has 0 aromatic carbocycles. The topological polar surface area (TPSA) is 162 Å². The van der Waals surface area contributed by atoms with Gasteiger partial charge in [0.25, 0.3) is 0 Å². The molecule has 0 aliphatic heterocycles. The van der Waals surface area contributed by atoms with Gasteiger partial charge in [-0.25, -0.2) is 0 Å². The molecule has 342 valence electrons. The summed E-state index contributed by atoms with van der Waals surface area (Å²) >= 11 is 0. The van der Waals surface area contributed by atoms with Gasteiger partial charge < -0.3 is 40.9 Å². The van der Waals surface area contributed by atoms with Crippen molar-refractivity contribution >= 4 is 0 Å². The van der Waals surface area contributed by atoms with Crippen LogP contribution >= 0.6 is 0 Å². The van der Waals surface area contributed by atoms with Gasteiger partial charge in [0, 0.05) is 52.9 Å². The van der Waals surface area contributed by atoms with Gasteiger partial charge >= 0.3 is 0 Å². The lowest BCUT2D eigenvalue weighted by Crippen LogP contribution is -2.63. The monoisotopic (exact) mass is 815 g/mol. The Balaban J connectivity index is 3.53. The quantitative estimate of drug-likeness (QED) is 0.0764. The molecule has 8 nitrogen and oxygen atoms in total. The second kappa shape index (κ2) is 35.3. The predicted octanol–water partition coefficient (Wildman–Crippen LogP) is 10.3. The lowest BCUT2D eigenvalue weighted by molar-refractivity contribution is -0.220. The van der Waals surface area contributed by atoms with E-state index in [1.165, 1.54) is 135 Å². The van der Waals surface area contributed by atoms with Gasteiger partial charge in [0.1, 0.15) is 0 Å². The summed E-state index contributed by atoms with van der Waals surface area (Å²) in [6, 6.07) is 0. The molecule has 0 aromatic rings. The molecule has 0 aromatic heterocycles. The van der Waals surface area contributed by atoms with Crippen LogP contribution in [0.25, 0.3) is 0 Å². The Bertz CT molecular complexity index is 776. The average molecular weight is 815 g/mol. The van der Waals surface area contributed by atoms with Crippen molar-refractivity contribution in [2.45, 2.75) is 238 Å². The van der Waals surface area contributed by atoms with Crippen LogP contribution in [-0.4, -0.2) is 93.7 Å². The molecule has 0 bridgehead atoms. The molecule has 8 N–H and O–H groups in total. The number of hydrogen-bond acceptors (Lipinski definition) is 8. The first-order valence-corrected chi connectivity index (χ1v) is 24.8. The Kier molecular flexibility index (Phi) is 33.9. The van der Waals surface area contributed by atoms with Crippen molar-refractivity contribution < 1.29 is 40.9 Å². The minimum Gasteiger partial charge on any atom is -0.396 e. The molecule has 1 aliphatic rings. The molecule has 0 saturated heterocycles. The van der Waals surface area contributed by atoms with Crippen LogP contribution in [-0.2, 0) is 0 Å². The molecule has 57 heavy (non-hydrogen) atoms. The Hall–Kier alpha value is -0.320. The summed E-state index contributed by atoms with van der Waals surface area (Å²) in [6.45, 7) is -1.26. The van der Waals surface area contributed by atoms with Crippen molar-refractivity contribution in [2.24, 2.45) is 21.7 Å². The van der Waals surface area contributed by atoms with Gasteiger partial charge in [-0.15, -0.1) is 0 Å². The first kappa shape index (κ1) is 54.7. The lowest BCUT2D eigenvalue weighted by Gasteiger charge is -2.68. The van der Waals surface area contributed by atoms with Crippen molar-refractivity contribution in [3.05, 3.63) is 0 Å². The van der Waals surface area contributed by atoms with Crippen LogP contribution in [0.3, 0.4) is 0 Å². The lowest BCUT2D eigenvalue weighted by atomic mass is 9.36. The van der Waals surface area contributed by atoms with E-state index in [-0.39, 0.29) is 78.5 Å². The molecular weight excluding hydrogens is 717 g/mol. The molecule has 0 amide bonds. The van der Waals surface area contributed by atoms with E-state index in [1.54, 1.807) is 0 Å². The summed E-state index contributed by atoms with van der Waals surface area (Å²) < 4.78 is 0. The molecule has 1 aliphatic carbocycles. The molecule has 1 fully saturated rings. The summed E-state index contributed by atoms with van der Waals surface area (Å²) in [5.41, 5.74) is -3.27. The maximum atomic E-state index is 11.0. The smallest absolute Gasteiger partial charge is 0.0436 e. The zero-order chi connectivity index (χ0) is 41.8. The second-order valence-electron chi connectivity index (χ2n) is 18.6. The van der Waals surface area contributed by atoms with E-state index in [0.29, 0.717) is 38.5 Å². The normalized spacial score (nSPS) is 22.7. The largest absolute Gasteiger partial charge is 0.396 e. The zero-order valence-corrected chi connectivity index (χ0v) is 37.4. The minimum absolute atomic E-state index is 0.125. The summed E-state index contributed by atoms with van der Waals surface area (Å²) in [5, 5.41) is 87.2. The van der Waals surface area contributed by atoms with E-state index in [4.69, 9.17) is 0 Å². The van der Waals surface area contributed by atoms with Gasteiger partial charge in [-0.05, 0) is 85.9 Å². The summed E-state index contributed by atoms with van der Waals surface area (Å²) in [4.78, 5) is 0. The molecule has 0 heterocycles. The third kappa shape index (κ3) is 18.7. The zero-order valence-electron chi connectivity index (χ0n) is 37.4. The summed E-state index contributed by atoms with van der Waals surface area (Å²) in [7, 11) is 0. The van der Waals surface area contributed by atoms with Crippen LogP contribution < -0.4 is 0 Å². The van der Waals surface area contributed by atoms with Crippen molar-refractivity contribution in [2.75, 3.05) is 52.9 Å². The minimum atomic E-state index is -0.914. The SMILES string of the molecule is OCCC1(CCO)CCCCCCCCCCCCCCCCCCCCCCCCCCCCCC(CCO)(CCO)C(CCO)(CCO)C1(CCO)CCO. The molecule has 0 atom stereocenters. The van der Waals surface area contributed by atoms with Gasteiger partial charge in [0.2, 0.25) is 0 Å². The van der Waals surface area contributed by atoms with Gasteiger partial charge in [-0.2, -0.15) is 0 Å². The second-order valence-corrected chi connectivity index (χ2v) is 18.6. The summed E-state index contributed by atoms with van der Waals surface area (Å²) in [5.74, 6) is 0. The molecule has 1 saturated carbocycles. The first-order chi connectivity index (χ1) is 27.9. The fourth-order valence-electron chi connectivity index (χ4n) is 12.4. The van der Waals surface area contributed by atoms with E-state index in [2.05, 4.69) is 0 Å². The van der Waals surface area contributed by atoms with Gasteiger partial charge in [0.15, 0.2) is 0 Å². The van der Waals surface area contributed by atoms with Gasteiger partial charge in [0.05, 0.1) is 0 Å². The Morgan fingerprint density at radius 3 is 0.474 bits per heavy atom. The van der Waals surface area contributed by atoms with Gasteiger partial charge in [-0.3, -0.25) is 0 Å². The molecule has 0 radical (unpaired) electrons. The van der Waals surface area contributed by atoms with Crippen molar-refractivity contribution in [3.8, 4) is 0 Å². The van der Waals surface area contributed by atoms with Crippen LogP contribution in [0, 0.1) is 21.7 Å². The highest BCUT2D eigenvalue weighted by Gasteiger charge is 2.66. The Labute approximate surface area is 352 Å². The van der Waals surface area contributed by atoms with Crippen LogP contribution in [0.15, 0.2) is 0 Å². The van der Waals surface area contributed by atoms with E-state index < -0.39 is 21.7 Å². The number of hydrogen-bond donors (Lipinski definition) is 8. The first-order valence-electron chi connectivity index (χ1n) is 24.8. The highest BCUT2D eigenvalue weighted by atomic mass is 16.3. The van der Waals surface area contributed by atoms with Gasteiger partial charge in [-0.1, -0.05) is 173 Å². The van der Waals surface area contributed by atoms with E-state index in [0.717, 1.165) is 38.5 Å². The predicted molar refractivity (Wildman–Crippen MR) is 237 cm³/mol. The average Bonchev–Trinajstić information content (AvgIpc) is 3.19. The molecular formula is C49H98O8. The fourth-order valence-corrected chi connectivity index (χ4v) is 12.4. The Morgan fingerprint density at radius 1 is 0.193 bits per heavy atom. The molecule has 0 spiro atoms. The van der Waals surface area contributed by atoms with Crippen LogP contribution in [0.2, 0.25) is 0 Å². The maximum Gasteiger partial charge on any atom is 0.0436 e. The third-order valence-corrected chi connectivity index (χ3v) is 15.3. The number of rotatable bonds is 16. The van der Waals surface area contributed by atoms with Crippen molar-refractivity contribution in [1.82, 2.24) is 0 Å². The third-order valence-electron chi connectivity index (χ3n) is 15.3. The Morgan fingerprint density at radius 2 is 0.333 bits per heavy atom. The molecule has 0 unspecified atom stereocenters. The molecule has 8 heteroatoms. The van der Waals surface area contributed by atoms with Crippen LogP contribution in [0.1, 0.15) is 238 Å². The highest BCUT2D eigenvalue weighted by molar-refractivity contribution is 5.14. The number of aliphatic hydroxyl groups excluding tert-OH is 8. The highest BCUT2D eigenvalue weighted by Crippen LogP contribution is 2.71. The van der Waals surface area contributed by atoms with Crippen LogP contribution in [0.4, 0.5) is 0 Å². The van der Waals surface area contributed by atoms with E-state index in [1.807, 2.05) is 0 Å². The van der Waals surface area contributed by atoms with Crippen molar-refractivity contribution in [1.29, 1.82) is 0 Å². The fraction of sp³-hybridized carbons (Fsp3) is 1.00. The molecule has 1 rings (SSSR count). The maximum absolute atomic E-state index is 11.0.